The SMILES string of the molecule is N#CC1CNCC2=C1CCN=C2. The van der Waals surface area contributed by atoms with Gasteiger partial charge in [0.1, 0.15) is 0 Å². The van der Waals surface area contributed by atoms with E-state index >= 15 is 0 Å². The molecule has 1 N–H and O–H groups in total. The summed E-state index contributed by atoms with van der Waals surface area (Å²) in [6, 6.07) is 2.32. The first-order valence-corrected chi connectivity index (χ1v) is 4.24. The van der Waals surface area contributed by atoms with Crippen molar-refractivity contribution < 1.29 is 0 Å². The van der Waals surface area contributed by atoms with Crippen LogP contribution in [0.15, 0.2) is 16.1 Å². The monoisotopic (exact) mass is 161 g/mol. The maximum absolute atomic E-state index is 8.86. The van der Waals surface area contributed by atoms with E-state index in [1.807, 2.05) is 6.21 Å². The average Bonchev–Trinajstić information content (AvgIpc) is 2.17. The summed E-state index contributed by atoms with van der Waals surface area (Å²) in [5.41, 5.74) is 2.55. The Labute approximate surface area is 71.8 Å². The van der Waals surface area contributed by atoms with E-state index in [4.69, 9.17) is 5.26 Å². The van der Waals surface area contributed by atoms with Crippen LogP contribution in [0.25, 0.3) is 0 Å². The molecule has 0 aromatic rings. The molecule has 2 rings (SSSR count). The Kier molecular flexibility index (Phi) is 1.92. The number of aliphatic imine (C=N–C) groups is 1. The smallest absolute Gasteiger partial charge is 0.0804 e. The highest BCUT2D eigenvalue weighted by atomic mass is 14.9. The molecule has 0 aromatic carbocycles. The van der Waals surface area contributed by atoms with E-state index in [0.29, 0.717) is 0 Å². The van der Waals surface area contributed by atoms with Crippen LogP contribution in [-0.4, -0.2) is 25.8 Å². The van der Waals surface area contributed by atoms with Gasteiger partial charge in [0.05, 0.1) is 12.0 Å². The third-order valence-corrected chi connectivity index (χ3v) is 2.41. The maximum Gasteiger partial charge on any atom is 0.0804 e. The van der Waals surface area contributed by atoms with Gasteiger partial charge in [0.15, 0.2) is 0 Å². The van der Waals surface area contributed by atoms with Crippen molar-refractivity contribution >= 4 is 6.21 Å². The minimum absolute atomic E-state index is 0.0838. The van der Waals surface area contributed by atoms with Gasteiger partial charge in [-0.3, -0.25) is 4.99 Å². The average molecular weight is 161 g/mol. The highest BCUT2D eigenvalue weighted by molar-refractivity contribution is 5.82. The molecule has 0 amide bonds. The van der Waals surface area contributed by atoms with Crippen molar-refractivity contribution in [1.82, 2.24) is 5.32 Å². The number of dihydropyridines is 1. The molecule has 3 heteroatoms. The molecule has 0 saturated carbocycles. The van der Waals surface area contributed by atoms with Crippen molar-refractivity contribution in [3.8, 4) is 6.07 Å². The lowest BCUT2D eigenvalue weighted by Crippen LogP contribution is -2.33. The van der Waals surface area contributed by atoms with Crippen LogP contribution in [-0.2, 0) is 0 Å². The van der Waals surface area contributed by atoms with Gasteiger partial charge in [0.25, 0.3) is 0 Å². The predicted octanol–water partition coefficient (Wildman–Crippen LogP) is 0.500. The lowest BCUT2D eigenvalue weighted by molar-refractivity contribution is 0.585. The summed E-state index contributed by atoms with van der Waals surface area (Å²) in [6.45, 7) is 2.55. The van der Waals surface area contributed by atoms with Crippen LogP contribution in [0.3, 0.4) is 0 Å². The summed E-state index contributed by atoms with van der Waals surface area (Å²) in [6.07, 6.45) is 2.89. The molecule has 0 radical (unpaired) electrons. The maximum atomic E-state index is 8.86. The van der Waals surface area contributed by atoms with E-state index < -0.39 is 0 Å². The molecule has 0 fully saturated rings. The summed E-state index contributed by atoms with van der Waals surface area (Å²) in [7, 11) is 0. The van der Waals surface area contributed by atoms with Gasteiger partial charge in [0.2, 0.25) is 0 Å². The molecule has 1 unspecified atom stereocenters. The molecule has 3 nitrogen and oxygen atoms in total. The summed E-state index contributed by atoms with van der Waals surface area (Å²) < 4.78 is 0. The van der Waals surface area contributed by atoms with Crippen LogP contribution in [0.1, 0.15) is 6.42 Å². The van der Waals surface area contributed by atoms with Gasteiger partial charge in [-0.25, -0.2) is 0 Å². The molecule has 12 heavy (non-hydrogen) atoms. The molecule has 0 aliphatic carbocycles. The molecule has 2 aliphatic rings. The van der Waals surface area contributed by atoms with Crippen molar-refractivity contribution in [2.45, 2.75) is 6.42 Å². The number of hydrogen-bond donors (Lipinski definition) is 1. The minimum atomic E-state index is 0.0838. The Hall–Kier alpha value is -1.14. The zero-order valence-corrected chi connectivity index (χ0v) is 6.88. The Morgan fingerprint density at radius 2 is 2.58 bits per heavy atom. The number of nitriles is 1. The third kappa shape index (κ3) is 1.15. The Balaban J connectivity index is 2.31. The third-order valence-electron chi connectivity index (χ3n) is 2.41. The van der Waals surface area contributed by atoms with Gasteiger partial charge >= 0.3 is 0 Å². The standard InChI is InChI=1S/C9H11N3/c10-3-7-4-12-6-8-5-11-2-1-9(7)8/h5,7,12H,1-2,4,6H2. The van der Waals surface area contributed by atoms with Gasteiger partial charge in [-0.05, 0) is 17.6 Å². The molecule has 2 aliphatic heterocycles. The zero-order valence-electron chi connectivity index (χ0n) is 6.88. The van der Waals surface area contributed by atoms with E-state index in [1.54, 1.807) is 0 Å². The lowest BCUT2D eigenvalue weighted by Gasteiger charge is -2.25. The topological polar surface area (TPSA) is 48.2 Å². The first-order valence-electron chi connectivity index (χ1n) is 4.24. The van der Waals surface area contributed by atoms with Crippen LogP contribution < -0.4 is 5.32 Å². The van der Waals surface area contributed by atoms with Gasteiger partial charge < -0.3 is 5.32 Å². The number of hydrogen-bond acceptors (Lipinski definition) is 3. The van der Waals surface area contributed by atoms with Gasteiger partial charge in [-0.1, -0.05) is 0 Å². The Morgan fingerprint density at radius 3 is 3.42 bits per heavy atom. The molecule has 62 valence electrons. The van der Waals surface area contributed by atoms with Crippen LogP contribution in [0.5, 0.6) is 0 Å². The fourth-order valence-electron chi connectivity index (χ4n) is 1.76. The molecule has 0 spiro atoms. The van der Waals surface area contributed by atoms with Gasteiger partial charge in [0, 0.05) is 25.8 Å². The summed E-state index contributed by atoms with van der Waals surface area (Å²) in [4.78, 5) is 4.20. The van der Waals surface area contributed by atoms with Crippen LogP contribution in [0, 0.1) is 17.2 Å². The van der Waals surface area contributed by atoms with E-state index in [9.17, 15) is 0 Å². The van der Waals surface area contributed by atoms with Crippen LogP contribution in [0.4, 0.5) is 0 Å². The van der Waals surface area contributed by atoms with Crippen molar-refractivity contribution in [2.24, 2.45) is 10.9 Å². The zero-order chi connectivity index (χ0) is 8.39. The first kappa shape index (κ1) is 7.51. The molecule has 0 bridgehead atoms. The van der Waals surface area contributed by atoms with Crippen molar-refractivity contribution in [2.75, 3.05) is 19.6 Å². The minimum Gasteiger partial charge on any atom is -0.311 e. The summed E-state index contributed by atoms with van der Waals surface area (Å²) in [5.74, 6) is 0.0838. The predicted molar refractivity (Wildman–Crippen MR) is 47.0 cm³/mol. The summed E-state index contributed by atoms with van der Waals surface area (Å²) in [5, 5.41) is 12.1. The quantitative estimate of drug-likeness (QED) is 0.562. The Morgan fingerprint density at radius 1 is 1.67 bits per heavy atom. The number of nitrogens with one attached hydrogen (secondary N) is 1. The normalized spacial score (nSPS) is 28.1. The molecular formula is C9H11N3. The van der Waals surface area contributed by atoms with Crippen molar-refractivity contribution in [1.29, 1.82) is 5.26 Å². The molecule has 2 heterocycles. The second-order valence-electron chi connectivity index (χ2n) is 3.15. The van der Waals surface area contributed by atoms with Crippen molar-refractivity contribution in [3.63, 3.8) is 0 Å². The van der Waals surface area contributed by atoms with E-state index in [2.05, 4.69) is 16.4 Å². The summed E-state index contributed by atoms with van der Waals surface area (Å²) >= 11 is 0. The second-order valence-corrected chi connectivity index (χ2v) is 3.15. The second kappa shape index (κ2) is 3.08. The van der Waals surface area contributed by atoms with E-state index in [-0.39, 0.29) is 5.92 Å². The van der Waals surface area contributed by atoms with Gasteiger partial charge in [-0.15, -0.1) is 0 Å². The molecule has 0 aromatic heterocycles. The fourth-order valence-corrected chi connectivity index (χ4v) is 1.76. The van der Waals surface area contributed by atoms with Crippen LogP contribution >= 0.6 is 0 Å². The largest absolute Gasteiger partial charge is 0.311 e. The number of rotatable bonds is 0. The van der Waals surface area contributed by atoms with E-state index in [1.165, 1.54) is 11.1 Å². The first-order chi connectivity index (χ1) is 5.92. The lowest BCUT2D eigenvalue weighted by atomic mass is 9.88. The highest BCUT2D eigenvalue weighted by Crippen LogP contribution is 2.23. The highest BCUT2D eigenvalue weighted by Gasteiger charge is 2.22. The van der Waals surface area contributed by atoms with Gasteiger partial charge in [-0.2, -0.15) is 5.26 Å². The molecule has 1 atom stereocenters. The van der Waals surface area contributed by atoms with Crippen molar-refractivity contribution in [3.05, 3.63) is 11.1 Å². The van der Waals surface area contributed by atoms with Crippen LogP contribution in [0.2, 0.25) is 0 Å². The molecular weight excluding hydrogens is 150 g/mol. The Bertz CT molecular complexity index is 283. The number of nitrogens with zero attached hydrogens (tertiary/aromatic N) is 2. The fraction of sp³-hybridized carbons (Fsp3) is 0.556. The molecule has 0 saturated heterocycles. The van der Waals surface area contributed by atoms with E-state index in [0.717, 1.165) is 26.1 Å².